The third kappa shape index (κ3) is 6.99. The van der Waals surface area contributed by atoms with Crippen LogP contribution in [0.15, 0.2) is 48.5 Å². The molecule has 0 saturated carbocycles. The first-order valence-corrected chi connectivity index (χ1v) is 9.60. The summed E-state index contributed by atoms with van der Waals surface area (Å²) in [6, 6.07) is 12.8. The minimum Gasteiger partial charge on any atom is -0.497 e. The molecule has 2 rings (SSSR count). The maximum Gasteiger partial charge on any atom is 0.248 e. The van der Waals surface area contributed by atoms with Crippen molar-refractivity contribution in [1.29, 1.82) is 0 Å². The van der Waals surface area contributed by atoms with E-state index < -0.39 is 0 Å². The molecule has 0 radical (unpaired) electrons. The predicted molar refractivity (Wildman–Crippen MR) is 113 cm³/mol. The SMILES string of the molecule is CCCCCCOc1ccc(NC(=O)/C=C/c2cc(OC)ccc2OC)cc1. The van der Waals surface area contributed by atoms with Crippen LogP contribution in [-0.2, 0) is 4.79 Å². The lowest BCUT2D eigenvalue weighted by molar-refractivity contribution is -0.111. The molecule has 1 N–H and O–H groups in total. The van der Waals surface area contributed by atoms with Crippen molar-refractivity contribution >= 4 is 17.7 Å². The van der Waals surface area contributed by atoms with Gasteiger partial charge in [-0.15, -0.1) is 0 Å². The quantitative estimate of drug-likeness (QED) is 0.422. The van der Waals surface area contributed by atoms with E-state index in [1.54, 1.807) is 26.4 Å². The van der Waals surface area contributed by atoms with Crippen molar-refractivity contribution in [3.05, 3.63) is 54.1 Å². The Kier molecular flexibility index (Phi) is 8.92. The number of methoxy groups -OCH3 is 2. The van der Waals surface area contributed by atoms with Gasteiger partial charge >= 0.3 is 0 Å². The van der Waals surface area contributed by atoms with Crippen LogP contribution in [0, 0.1) is 0 Å². The lowest BCUT2D eigenvalue weighted by Crippen LogP contribution is -2.07. The van der Waals surface area contributed by atoms with Crippen molar-refractivity contribution in [3.8, 4) is 17.2 Å². The molecule has 0 atom stereocenters. The Morgan fingerprint density at radius 1 is 0.964 bits per heavy atom. The molecule has 0 unspecified atom stereocenters. The van der Waals surface area contributed by atoms with E-state index in [0.29, 0.717) is 17.2 Å². The van der Waals surface area contributed by atoms with E-state index in [9.17, 15) is 4.79 Å². The highest BCUT2D eigenvalue weighted by Gasteiger charge is 2.04. The number of rotatable bonds is 11. The molecule has 0 heterocycles. The predicted octanol–water partition coefficient (Wildman–Crippen LogP) is 5.31. The van der Waals surface area contributed by atoms with Crippen LogP contribution in [0.2, 0.25) is 0 Å². The van der Waals surface area contributed by atoms with E-state index >= 15 is 0 Å². The average molecular weight is 383 g/mol. The number of carbonyl (C=O) groups is 1. The second kappa shape index (κ2) is 11.7. The summed E-state index contributed by atoms with van der Waals surface area (Å²) in [4.78, 5) is 12.2. The number of hydrogen-bond acceptors (Lipinski definition) is 4. The fraction of sp³-hybridized carbons (Fsp3) is 0.348. The fourth-order valence-electron chi connectivity index (χ4n) is 2.67. The number of amides is 1. The van der Waals surface area contributed by atoms with E-state index in [1.807, 2.05) is 36.4 Å². The molecule has 2 aromatic carbocycles. The standard InChI is InChI=1S/C23H29NO4/c1-4-5-6-7-16-28-20-11-9-19(10-12-20)24-23(25)15-8-18-17-21(26-2)13-14-22(18)27-3/h8-15,17H,4-7,16H2,1-3H3,(H,24,25)/b15-8+. The molecular formula is C23H29NO4. The van der Waals surface area contributed by atoms with E-state index in [1.165, 1.54) is 25.3 Å². The van der Waals surface area contributed by atoms with Crippen LogP contribution < -0.4 is 19.5 Å². The largest absolute Gasteiger partial charge is 0.497 e. The zero-order chi connectivity index (χ0) is 20.2. The summed E-state index contributed by atoms with van der Waals surface area (Å²) in [7, 11) is 3.19. The zero-order valence-electron chi connectivity index (χ0n) is 16.9. The molecule has 150 valence electrons. The molecule has 28 heavy (non-hydrogen) atoms. The van der Waals surface area contributed by atoms with Gasteiger partial charge in [0.25, 0.3) is 0 Å². The van der Waals surface area contributed by atoms with Gasteiger partial charge in [0, 0.05) is 17.3 Å². The molecular weight excluding hydrogens is 354 g/mol. The summed E-state index contributed by atoms with van der Waals surface area (Å²) in [5, 5.41) is 2.84. The average Bonchev–Trinajstić information content (AvgIpc) is 2.73. The Labute approximate surface area is 167 Å². The van der Waals surface area contributed by atoms with Crippen molar-refractivity contribution in [2.75, 3.05) is 26.1 Å². The molecule has 0 bridgehead atoms. The first-order valence-electron chi connectivity index (χ1n) is 9.60. The molecule has 0 fully saturated rings. The van der Waals surface area contributed by atoms with Crippen molar-refractivity contribution in [2.45, 2.75) is 32.6 Å². The monoisotopic (exact) mass is 383 g/mol. The molecule has 2 aromatic rings. The van der Waals surface area contributed by atoms with E-state index in [-0.39, 0.29) is 5.91 Å². The molecule has 5 heteroatoms. The zero-order valence-corrected chi connectivity index (χ0v) is 16.9. The number of carbonyl (C=O) groups excluding carboxylic acids is 1. The number of anilines is 1. The Bertz CT molecular complexity index is 769. The molecule has 0 aliphatic rings. The summed E-state index contributed by atoms with van der Waals surface area (Å²) < 4.78 is 16.2. The van der Waals surface area contributed by atoms with Crippen LogP contribution in [0.3, 0.4) is 0 Å². The lowest BCUT2D eigenvalue weighted by Gasteiger charge is -2.08. The van der Waals surface area contributed by atoms with Crippen molar-refractivity contribution in [3.63, 3.8) is 0 Å². The summed E-state index contributed by atoms with van der Waals surface area (Å²) in [5.41, 5.74) is 1.48. The summed E-state index contributed by atoms with van der Waals surface area (Å²) in [6.07, 6.45) is 7.87. The smallest absolute Gasteiger partial charge is 0.248 e. The van der Waals surface area contributed by atoms with Crippen molar-refractivity contribution in [1.82, 2.24) is 0 Å². The molecule has 0 aromatic heterocycles. The van der Waals surface area contributed by atoms with Gasteiger partial charge in [-0.3, -0.25) is 4.79 Å². The third-order valence-electron chi connectivity index (χ3n) is 4.24. The van der Waals surface area contributed by atoms with E-state index in [0.717, 1.165) is 24.3 Å². The van der Waals surface area contributed by atoms with Gasteiger partial charge in [0.1, 0.15) is 17.2 Å². The Balaban J connectivity index is 1.88. The van der Waals surface area contributed by atoms with Gasteiger partial charge in [0.15, 0.2) is 0 Å². The van der Waals surface area contributed by atoms with Crippen LogP contribution in [0.5, 0.6) is 17.2 Å². The van der Waals surface area contributed by atoms with Gasteiger partial charge in [-0.05, 0) is 55.0 Å². The summed E-state index contributed by atoms with van der Waals surface area (Å²) in [6.45, 7) is 2.91. The molecule has 0 saturated heterocycles. The van der Waals surface area contributed by atoms with Crippen LogP contribution in [0.25, 0.3) is 6.08 Å². The first kappa shape index (κ1) is 21.4. The maximum absolute atomic E-state index is 12.2. The Morgan fingerprint density at radius 2 is 1.71 bits per heavy atom. The second-order valence-corrected chi connectivity index (χ2v) is 6.36. The molecule has 0 spiro atoms. The van der Waals surface area contributed by atoms with Gasteiger partial charge in [-0.2, -0.15) is 0 Å². The minimum atomic E-state index is -0.224. The molecule has 5 nitrogen and oxygen atoms in total. The molecule has 0 aliphatic heterocycles. The number of nitrogens with one attached hydrogen (secondary N) is 1. The maximum atomic E-state index is 12.2. The lowest BCUT2D eigenvalue weighted by atomic mass is 10.1. The Hall–Kier alpha value is -2.95. The summed E-state index contributed by atoms with van der Waals surface area (Å²) >= 11 is 0. The fourth-order valence-corrected chi connectivity index (χ4v) is 2.67. The number of ether oxygens (including phenoxy) is 3. The van der Waals surface area contributed by atoms with Gasteiger partial charge in [0.2, 0.25) is 5.91 Å². The van der Waals surface area contributed by atoms with Crippen molar-refractivity contribution in [2.24, 2.45) is 0 Å². The normalized spacial score (nSPS) is 10.7. The van der Waals surface area contributed by atoms with Gasteiger partial charge < -0.3 is 19.5 Å². The van der Waals surface area contributed by atoms with Crippen LogP contribution in [0.4, 0.5) is 5.69 Å². The van der Waals surface area contributed by atoms with Crippen molar-refractivity contribution < 1.29 is 19.0 Å². The van der Waals surface area contributed by atoms with Gasteiger partial charge in [-0.25, -0.2) is 0 Å². The highest BCUT2D eigenvalue weighted by Crippen LogP contribution is 2.25. The molecule has 0 aliphatic carbocycles. The number of hydrogen-bond donors (Lipinski definition) is 1. The highest BCUT2D eigenvalue weighted by atomic mass is 16.5. The van der Waals surface area contributed by atoms with Gasteiger partial charge in [-0.1, -0.05) is 26.2 Å². The first-order chi connectivity index (χ1) is 13.7. The topological polar surface area (TPSA) is 56.8 Å². The van der Waals surface area contributed by atoms with Gasteiger partial charge in [0.05, 0.1) is 20.8 Å². The van der Waals surface area contributed by atoms with Crippen LogP contribution >= 0.6 is 0 Å². The highest BCUT2D eigenvalue weighted by molar-refractivity contribution is 6.02. The minimum absolute atomic E-state index is 0.224. The molecule has 1 amide bonds. The van der Waals surface area contributed by atoms with E-state index in [2.05, 4.69) is 12.2 Å². The third-order valence-corrected chi connectivity index (χ3v) is 4.24. The van der Waals surface area contributed by atoms with E-state index in [4.69, 9.17) is 14.2 Å². The second-order valence-electron chi connectivity index (χ2n) is 6.36. The van der Waals surface area contributed by atoms with Crippen LogP contribution in [0.1, 0.15) is 38.2 Å². The number of benzene rings is 2. The van der Waals surface area contributed by atoms with Crippen LogP contribution in [-0.4, -0.2) is 26.7 Å². The number of unbranched alkanes of at least 4 members (excludes halogenated alkanes) is 3. The summed E-state index contributed by atoms with van der Waals surface area (Å²) in [5.74, 6) is 1.96. The Morgan fingerprint density at radius 3 is 2.39 bits per heavy atom.